The molecule has 2 amide bonds. The highest BCUT2D eigenvalue weighted by Gasteiger charge is 2.36. The van der Waals surface area contributed by atoms with Gasteiger partial charge < -0.3 is 21.3 Å². The van der Waals surface area contributed by atoms with Crippen LogP contribution < -0.4 is 16.4 Å². The van der Waals surface area contributed by atoms with Crippen molar-refractivity contribution in [1.29, 1.82) is 0 Å². The third-order valence-electron chi connectivity index (χ3n) is 5.53. The number of hydrogen-bond acceptors (Lipinski definition) is 4. The standard InChI is InChI=1S/C20H30N4O2/c21-20(9-1-2-10-20)19(26)23-15-16-5-7-17(8-6-16)18(25)22-11-14-24-12-3-4-13-24/h5-8H,1-4,9-15,21H2,(H,22,25)(H,23,26). The van der Waals surface area contributed by atoms with Gasteiger partial charge in [-0.1, -0.05) is 25.0 Å². The van der Waals surface area contributed by atoms with Crippen LogP contribution in [0, 0.1) is 0 Å². The second-order valence-electron chi connectivity index (χ2n) is 7.55. The molecule has 1 saturated heterocycles. The molecule has 2 fully saturated rings. The third-order valence-corrected chi connectivity index (χ3v) is 5.53. The van der Waals surface area contributed by atoms with E-state index in [2.05, 4.69) is 15.5 Å². The smallest absolute Gasteiger partial charge is 0.251 e. The van der Waals surface area contributed by atoms with Gasteiger partial charge in [-0.3, -0.25) is 9.59 Å². The molecule has 142 valence electrons. The highest BCUT2D eigenvalue weighted by atomic mass is 16.2. The molecule has 0 atom stereocenters. The van der Waals surface area contributed by atoms with Gasteiger partial charge in [-0.05, 0) is 56.5 Å². The lowest BCUT2D eigenvalue weighted by Gasteiger charge is -2.22. The second-order valence-corrected chi connectivity index (χ2v) is 7.55. The van der Waals surface area contributed by atoms with E-state index in [1.807, 2.05) is 12.1 Å². The van der Waals surface area contributed by atoms with Crippen LogP contribution in [-0.2, 0) is 11.3 Å². The minimum atomic E-state index is -0.699. The van der Waals surface area contributed by atoms with E-state index in [-0.39, 0.29) is 11.8 Å². The third kappa shape index (κ3) is 4.83. The van der Waals surface area contributed by atoms with Crippen LogP contribution in [-0.4, -0.2) is 48.4 Å². The molecule has 1 saturated carbocycles. The molecule has 1 heterocycles. The molecular formula is C20H30N4O2. The summed E-state index contributed by atoms with van der Waals surface area (Å²) in [6, 6.07) is 7.38. The molecule has 6 nitrogen and oxygen atoms in total. The highest BCUT2D eigenvalue weighted by molar-refractivity contribution is 5.94. The molecule has 0 aromatic heterocycles. The number of carbonyl (C=O) groups excluding carboxylic acids is 2. The number of benzene rings is 1. The molecule has 1 aromatic rings. The summed E-state index contributed by atoms with van der Waals surface area (Å²) in [5, 5.41) is 5.90. The second kappa shape index (κ2) is 8.64. The van der Waals surface area contributed by atoms with Gasteiger partial charge in [-0.15, -0.1) is 0 Å². The van der Waals surface area contributed by atoms with Crippen LogP contribution in [0.1, 0.15) is 54.4 Å². The first-order valence-corrected chi connectivity index (χ1v) is 9.73. The molecule has 1 aromatic carbocycles. The maximum atomic E-state index is 12.2. The number of carbonyl (C=O) groups is 2. The van der Waals surface area contributed by atoms with Gasteiger partial charge in [0, 0.05) is 25.2 Å². The molecule has 0 bridgehead atoms. The Morgan fingerprint density at radius 2 is 1.65 bits per heavy atom. The van der Waals surface area contributed by atoms with Crippen molar-refractivity contribution < 1.29 is 9.59 Å². The Hall–Kier alpha value is -1.92. The van der Waals surface area contributed by atoms with Crippen LogP contribution in [0.4, 0.5) is 0 Å². The molecule has 3 rings (SSSR count). The fourth-order valence-electron chi connectivity index (χ4n) is 3.80. The summed E-state index contributed by atoms with van der Waals surface area (Å²) >= 11 is 0. The molecule has 26 heavy (non-hydrogen) atoms. The van der Waals surface area contributed by atoms with Gasteiger partial charge in [0.1, 0.15) is 0 Å². The van der Waals surface area contributed by atoms with Crippen LogP contribution in [0.2, 0.25) is 0 Å². The van der Waals surface area contributed by atoms with Gasteiger partial charge in [0.15, 0.2) is 0 Å². The molecular weight excluding hydrogens is 328 g/mol. The van der Waals surface area contributed by atoms with E-state index in [4.69, 9.17) is 5.73 Å². The Balaban J connectivity index is 1.42. The van der Waals surface area contributed by atoms with Crippen LogP contribution in [0.3, 0.4) is 0 Å². The lowest BCUT2D eigenvalue weighted by molar-refractivity contribution is -0.126. The monoisotopic (exact) mass is 358 g/mol. The first-order chi connectivity index (χ1) is 12.6. The number of rotatable bonds is 7. The van der Waals surface area contributed by atoms with Crippen molar-refractivity contribution in [2.75, 3.05) is 26.2 Å². The molecule has 0 radical (unpaired) electrons. The first-order valence-electron chi connectivity index (χ1n) is 9.73. The molecule has 0 spiro atoms. The van der Waals surface area contributed by atoms with E-state index >= 15 is 0 Å². The number of nitrogens with two attached hydrogens (primary N) is 1. The van der Waals surface area contributed by atoms with Crippen molar-refractivity contribution in [3.05, 3.63) is 35.4 Å². The minimum Gasteiger partial charge on any atom is -0.351 e. The minimum absolute atomic E-state index is 0.0494. The number of likely N-dealkylation sites (tertiary alicyclic amines) is 1. The summed E-state index contributed by atoms with van der Waals surface area (Å²) < 4.78 is 0. The van der Waals surface area contributed by atoms with E-state index in [0.717, 1.165) is 50.9 Å². The Morgan fingerprint density at radius 1 is 1.00 bits per heavy atom. The highest BCUT2D eigenvalue weighted by Crippen LogP contribution is 2.27. The van der Waals surface area contributed by atoms with Crippen LogP contribution in [0.15, 0.2) is 24.3 Å². The SMILES string of the molecule is NC1(C(=O)NCc2ccc(C(=O)NCCN3CCCC3)cc2)CCCC1. The maximum Gasteiger partial charge on any atom is 0.251 e. The summed E-state index contributed by atoms with van der Waals surface area (Å²) in [5.74, 6) is -0.120. The normalized spacial score (nSPS) is 19.4. The van der Waals surface area contributed by atoms with E-state index in [9.17, 15) is 9.59 Å². The zero-order valence-electron chi connectivity index (χ0n) is 15.4. The average molecular weight is 358 g/mol. The van der Waals surface area contributed by atoms with Gasteiger partial charge in [0.25, 0.3) is 5.91 Å². The summed E-state index contributed by atoms with van der Waals surface area (Å²) in [6.45, 7) is 4.31. The van der Waals surface area contributed by atoms with Crippen molar-refractivity contribution in [3.8, 4) is 0 Å². The topological polar surface area (TPSA) is 87.5 Å². The van der Waals surface area contributed by atoms with Crippen molar-refractivity contribution >= 4 is 11.8 Å². The zero-order chi connectivity index (χ0) is 18.4. The lowest BCUT2D eigenvalue weighted by atomic mass is 9.98. The average Bonchev–Trinajstić information content (AvgIpc) is 3.32. The van der Waals surface area contributed by atoms with E-state index < -0.39 is 5.54 Å². The molecule has 2 aliphatic rings. The molecule has 0 unspecified atom stereocenters. The van der Waals surface area contributed by atoms with Crippen molar-refractivity contribution in [2.45, 2.75) is 50.6 Å². The number of nitrogens with zero attached hydrogens (tertiary/aromatic N) is 1. The maximum absolute atomic E-state index is 12.2. The molecule has 6 heteroatoms. The Labute approximate surface area is 155 Å². The van der Waals surface area contributed by atoms with Gasteiger partial charge >= 0.3 is 0 Å². The van der Waals surface area contributed by atoms with Crippen LogP contribution in [0.25, 0.3) is 0 Å². The van der Waals surface area contributed by atoms with E-state index in [0.29, 0.717) is 18.7 Å². The lowest BCUT2D eigenvalue weighted by Crippen LogP contribution is -2.51. The van der Waals surface area contributed by atoms with Gasteiger partial charge in [0.2, 0.25) is 5.91 Å². The molecule has 1 aliphatic heterocycles. The van der Waals surface area contributed by atoms with Crippen molar-refractivity contribution in [3.63, 3.8) is 0 Å². The Bertz CT molecular complexity index is 617. The van der Waals surface area contributed by atoms with Crippen LogP contribution >= 0.6 is 0 Å². The predicted molar refractivity (Wildman–Crippen MR) is 102 cm³/mol. The summed E-state index contributed by atoms with van der Waals surface area (Å²) in [5.41, 5.74) is 7.07. The number of hydrogen-bond donors (Lipinski definition) is 3. The van der Waals surface area contributed by atoms with Gasteiger partial charge in [0.05, 0.1) is 5.54 Å². The van der Waals surface area contributed by atoms with Crippen LogP contribution in [0.5, 0.6) is 0 Å². The number of nitrogens with one attached hydrogen (secondary N) is 2. The first kappa shape index (κ1) is 18.9. The molecule has 4 N–H and O–H groups in total. The van der Waals surface area contributed by atoms with Gasteiger partial charge in [-0.2, -0.15) is 0 Å². The fraction of sp³-hybridized carbons (Fsp3) is 0.600. The van der Waals surface area contributed by atoms with Crippen molar-refractivity contribution in [2.24, 2.45) is 5.73 Å². The summed E-state index contributed by atoms with van der Waals surface area (Å²) in [4.78, 5) is 26.8. The Kier molecular flexibility index (Phi) is 6.27. The fourth-order valence-corrected chi connectivity index (χ4v) is 3.80. The number of amides is 2. The van der Waals surface area contributed by atoms with E-state index in [1.54, 1.807) is 12.1 Å². The van der Waals surface area contributed by atoms with E-state index in [1.165, 1.54) is 12.8 Å². The van der Waals surface area contributed by atoms with Crippen molar-refractivity contribution in [1.82, 2.24) is 15.5 Å². The quantitative estimate of drug-likeness (QED) is 0.688. The Morgan fingerprint density at radius 3 is 2.31 bits per heavy atom. The molecule has 1 aliphatic carbocycles. The predicted octanol–water partition coefficient (Wildman–Crippen LogP) is 1.40. The summed E-state index contributed by atoms with van der Waals surface area (Å²) in [6.07, 6.45) is 6.08. The van der Waals surface area contributed by atoms with Gasteiger partial charge in [-0.25, -0.2) is 0 Å². The zero-order valence-corrected chi connectivity index (χ0v) is 15.4. The summed E-state index contributed by atoms with van der Waals surface area (Å²) in [7, 11) is 0. The largest absolute Gasteiger partial charge is 0.351 e.